The van der Waals surface area contributed by atoms with E-state index in [0.717, 1.165) is 17.6 Å². The van der Waals surface area contributed by atoms with Gasteiger partial charge < -0.3 is 0 Å². The van der Waals surface area contributed by atoms with Crippen LogP contribution < -0.4 is 0 Å². The van der Waals surface area contributed by atoms with Gasteiger partial charge in [0, 0.05) is 9.75 Å². The molecule has 0 saturated carbocycles. The van der Waals surface area contributed by atoms with Gasteiger partial charge in [0.05, 0.1) is 0 Å². The summed E-state index contributed by atoms with van der Waals surface area (Å²) in [5.74, 6) is 0. The SMILES string of the molecule is CCCc1ccc(/C=C/C=O)s1. The van der Waals surface area contributed by atoms with Gasteiger partial charge in [-0.25, -0.2) is 0 Å². The lowest BCUT2D eigenvalue weighted by Crippen LogP contribution is -1.71. The molecule has 0 saturated heterocycles. The minimum atomic E-state index is 0.805. The number of thiophene rings is 1. The fraction of sp³-hybridized carbons (Fsp3) is 0.300. The zero-order valence-electron chi connectivity index (χ0n) is 7.12. The molecule has 0 amide bonds. The fourth-order valence-corrected chi connectivity index (χ4v) is 2.03. The Morgan fingerprint density at radius 1 is 1.50 bits per heavy atom. The Kier molecular flexibility index (Phi) is 3.74. The lowest BCUT2D eigenvalue weighted by atomic mass is 10.3. The maximum atomic E-state index is 10.0. The molecule has 0 atom stereocenters. The van der Waals surface area contributed by atoms with Crippen LogP contribution >= 0.6 is 11.3 Å². The number of hydrogen-bond acceptors (Lipinski definition) is 2. The number of carbonyl (C=O) groups is 1. The first-order valence-electron chi connectivity index (χ1n) is 4.07. The van der Waals surface area contributed by atoms with E-state index in [1.165, 1.54) is 17.4 Å². The monoisotopic (exact) mass is 180 g/mol. The quantitative estimate of drug-likeness (QED) is 0.514. The third kappa shape index (κ3) is 2.62. The second-order valence-electron chi connectivity index (χ2n) is 2.55. The highest BCUT2D eigenvalue weighted by atomic mass is 32.1. The van der Waals surface area contributed by atoms with Crippen LogP contribution in [0.15, 0.2) is 18.2 Å². The molecule has 0 unspecified atom stereocenters. The highest BCUT2D eigenvalue weighted by Gasteiger charge is 1.94. The van der Waals surface area contributed by atoms with Gasteiger partial charge in [-0.3, -0.25) is 4.79 Å². The van der Waals surface area contributed by atoms with Crippen molar-refractivity contribution in [3.63, 3.8) is 0 Å². The van der Waals surface area contributed by atoms with Gasteiger partial charge in [-0.15, -0.1) is 11.3 Å². The van der Waals surface area contributed by atoms with Crippen LogP contribution in [0.4, 0.5) is 0 Å². The summed E-state index contributed by atoms with van der Waals surface area (Å²) in [5, 5.41) is 0. The summed E-state index contributed by atoms with van der Waals surface area (Å²) in [5.41, 5.74) is 0. The zero-order chi connectivity index (χ0) is 8.81. The van der Waals surface area contributed by atoms with E-state index in [4.69, 9.17) is 0 Å². The number of aldehydes is 1. The molecule has 0 N–H and O–H groups in total. The van der Waals surface area contributed by atoms with Crippen LogP contribution in [0.3, 0.4) is 0 Å². The van der Waals surface area contributed by atoms with Gasteiger partial charge >= 0.3 is 0 Å². The van der Waals surface area contributed by atoms with Gasteiger partial charge in [0.25, 0.3) is 0 Å². The molecular formula is C10H12OS. The van der Waals surface area contributed by atoms with Crippen molar-refractivity contribution >= 4 is 23.7 Å². The molecule has 0 bridgehead atoms. The Bertz CT molecular complexity index is 273. The third-order valence-electron chi connectivity index (χ3n) is 1.52. The van der Waals surface area contributed by atoms with Crippen molar-refractivity contribution in [2.24, 2.45) is 0 Å². The van der Waals surface area contributed by atoms with Crippen molar-refractivity contribution in [3.05, 3.63) is 28.0 Å². The van der Waals surface area contributed by atoms with Crippen molar-refractivity contribution in [2.75, 3.05) is 0 Å². The Balaban J connectivity index is 2.63. The Labute approximate surface area is 76.7 Å². The topological polar surface area (TPSA) is 17.1 Å². The highest BCUT2D eigenvalue weighted by Crippen LogP contribution is 2.18. The second-order valence-corrected chi connectivity index (χ2v) is 3.75. The van der Waals surface area contributed by atoms with Crippen LogP contribution in [0.2, 0.25) is 0 Å². The predicted molar refractivity (Wildman–Crippen MR) is 53.4 cm³/mol. The van der Waals surface area contributed by atoms with Gasteiger partial charge in [-0.1, -0.05) is 13.3 Å². The fourth-order valence-electron chi connectivity index (χ4n) is 0.999. The molecule has 1 rings (SSSR count). The molecule has 0 aromatic carbocycles. The summed E-state index contributed by atoms with van der Waals surface area (Å²) < 4.78 is 0. The molecule has 1 heterocycles. The van der Waals surface area contributed by atoms with Crippen LogP contribution in [0.1, 0.15) is 23.1 Å². The highest BCUT2D eigenvalue weighted by molar-refractivity contribution is 7.12. The van der Waals surface area contributed by atoms with Crippen molar-refractivity contribution < 1.29 is 4.79 Å². The smallest absolute Gasteiger partial charge is 0.142 e. The number of rotatable bonds is 4. The maximum Gasteiger partial charge on any atom is 0.142 e. The molecule has 0 radical (unpaired) electrons. The van der Waals surface area contributed by atoms with E-state index in [9.17, 15) is 4.79 Å². The molecule has 1 aromatic heterocycles. The minimum absolute atomic E-state index is 0.805. The van der Waals surface area contributed by atoms with Crippen molar-refractivity contribution in [2.45, 2.75) is 19.8 Å². The molecule has 0 aliphatic heterocycles. The molecule has 0 aliphatic carbocycles. The third-order valence-corrected chi connectivity index (χ3v) is 2.63. The molecule has 0 aliphatic rings. The lowest BCUT2D eigenvalue weighted by Gasteiger charge is -1.87. The van der Waals surface area contributed by atoms with Gasteiger partial charge in [0.2, 0.25) is 0 Å². The molecule has 1 nitrogen and oxygen atoms in total. The molecule has 0 fully saturated rings. The van der Waals surface area contributed by atoms with E-state index in [1.54, 1.807) is 11.3 Å². The summed E-state index contributed by atoms with van der Waals surface area (Å²) in [6.07, 6.45) is 6.49. The van der Waals surface area contributed by atoms with Crippen molar-refractivity contribution in [3.8, 4) is 0 Å². The number of allylic oxidation sites excluding steroid dienone is 1. The van der Waals surface area contributed by atoms with Crippen LogP contribution in [-0.4, -0.2) is 6.29 Å². The van der Waals surface area contributed by atoms with Crippen molar-refractivity contribution in [1.82, 2.24) is 0 Å². The number of aryl methyl sites for hydroxylation is 1. The molecule has 0 spiro atoms. The Hall–Kier alpha value is -0.890. The largest absolute Gasteiger partial charge is 0.299 e. The summed E-state index contributed by atoms with van der Waals surface area (Å²) in [4.78, 5) is 12.6. The van der Waals surface area contributed by atoms with Gasteiger partial charge in [-0.2, -0.15) is 0 Å². The zero-order valence-corrected chi connectivity index (χ0v) is 7.93. The molecule has 12 heavy (non-hydrogen) atoms. The van der Waals surface area contributed by atoms with Gasteiger partial charge in [0.15, 0.2) is 0 Å². The summed E-state index contributed by atoms with van der Waals surface area (Å²) in [6, 6.07) is 4.17. The maximum absolute atomic E-state index is 10.0. The van der Waals surface area contributed by atoms with E-state index >= 15 is 0 Å². The lowest BCUT2D eigenvalue weighted by molar-refractivity contribution is -0.104. The molecular weight excluding hydrogens is 168 g/mol. The van der Waals surface area contributed by atoms with E-state index in [-0.39, 0.29) is 0 Å². The Morgan fingerprint density at radius 3 is 3.00 bits per heavy atom. The molecule has 64 valence electrons. The first kappa shape index (κ1) is 9.20. The average Bonchev–Trinajstić information content (AvgIpc) is 2.50. The summed E-state index contributed by atoms with van der Waals surface area (Å²) in [6.45, 7) is 2.17. The van der Waals surface area contributed by atoms with Crippen molar-refractivity contribution in [1.29, 1.82) is 0 Å². The first-order chi connectivity index (χ1) is 5.86. The summed E-state index contributed by atoms with van der Waals surface area (Å²) >= 11 is 1.75. The summed E-state index contributed by atoms with van der Waals surface area (Å²) in [7, 11) is 0. The van der Waals surface area contributed by atoms with E-state index in [0.29, 0.717) is 0 Å². The van der Waals surface area contributed by atoms with E-state index in [1.807, 2.05) is 6.08 Å². The number of hydrogen-bond donors (Lipinski definition) is 0. The molecule has 1 aromatic rings. The van der Waals surface area contributed by atoms with Gasteiger partial charge in [-0.05, 0) is 30.7 Å². The van der Waals surface area contributed by atoms with Crippen LogP contribution in [0.25, 0.3) is 6.08 Å². The minimum Gasteiger partial charge on any atom is -0.299 e. The normalized spacial score (nSPS) is 10.8. The van der Waals surface area contributed by atoms with E-state index < -0.39 is 0 Å². The van der Waals surface area contributed by atoms with Crippen LogP contribution in [-0.2, 0) is 11.2 Å². The Morgan fingerprint density at radius 2 is 2.33 bits per heavy atom. The number of carbonyl (C=O) groups excluding carboxylic acids is 1. The van der Waals surface area contributed by atoms with Crippen LogP contribution in [0, 0.1) is 0 Å². The molecule has 2 heteroatoms. The van der Waals surface area contributed by atoms with Crippen LogP contribution in [0.5, 0.6) is 0 Å². The second kappa shape index (κ2) is 4.88. The average molecular weight is 180 g/mol. The standard InChI is InChI=1S/C10H12OS/c1-2-4-9-6-7-10(12-9)5-3-8-11/h3,5-8H,2,4H2,1H3/b5-3+. The van der Waals surface area contributed by atoms with Gasteiger partial charge in [0.1, 0.15) is 6.29 Å². The predicted octanol–water partition coefficient (Wildman–Crippen LogP) is 2.91. The van der Waals surface area contributed by atoms with E-state index in [2.05, 4.69) is 19.1 Å². The first-order valence-corrected chi connectivity index (χ1v) is 4.89.